The van der Waals surface area contributed by atoms with Gasteiger partial charge in [0.25, 0.3) is 5.91 Å². The number of carbonyl (C=O) groups is 2. The molecule has 2 atom stereocenters. The van der Waals surface area contributed by atoms with E-state index in [9.17, 15) is 32.3 Å². The van der Waals surface area contributed by atoms with Crippen LogP contribution in [0.3, 0.4) is 0 Å². The average Bonchev–Trinajstić information content (AvgIpc) is 3.37. The topological polar surface area (TPSA) is 110 Å². The van der Waals surface area contributed by atoms with Crippen LogP contribution >= 0.6 is 0 Å². The molecule has 2 N–H and O–H groups in total. The second-order valence-electron chi connectivity index (χ2n) is 10.3. The van der Waals surface area contributed by atoms with Crippen LogP contribution < -0.4 is 5.32 Å². The molecule has 41 heavy (non-hydrogen) atoms. The van der Waals surface area contributed by atoms with Crippen molar-refractivity contribution in [1.29, 1.82) is 0 Å². The van der Waals surface area contributed by atoms with Gasteiger partial charge in [0.15, 0.2) is 0 Å². The van der Waals surface area contributed by atoms with Crippen LogP contribution in [-0.2, 0) is 23.1 Å². The third-order valence-corrected chi connectivity index (χ3v) is 6.17. The maximum Gasteiger partial charge on any atom is 0.416 e. The molecule has 2 unspecified atom stereocenters. The number of benzene rings is 2. The number of nitrogens with one attached hydrogen (secondary N) is 1. The number of hydrogen-bond acceptors (Lipinski definition) is 6. The van der Waals surface area contributed by atoms with Crippen LogP contribution in [0.1, 0.15) is 49.2 Å². The fourth-order valence-corrected chi connectivity index (χ4v) is 4.13. The molecule has 1 aromatic heterocycles. The molecule has 0 saturated heterocycles. The lowest BCUT2D eigenvalue weighted by atomic mass is 9.85. The summed E-state index contributed by atoms with van der Waals surface area (Å²) in [5.41, 5.74) is -4.57. The summed E-state index contributed by atoms with van der Waals surface area (Å²) in [7, 11) is 0. The number of amides is 2. The number of halogens is 5. The molecule has 0 aliphatic heterocycles. The molecule has 1 heterocycles. The molecular formula is C27H30F5N5O4. The largest absolute Gasteiger partial charge is 0.444 e. The van der Waals surface area contributed by atoms with Crippen molar-refractivity contribution in [2.24, 2.45) is 0 Å². The quantitative estimate of drug-likeness (QED) is 0.359. The third-order valence-electron chi connectivity index (χ3n) is 6.17. The minimum absolute atomic E-state index is 0.162. The second kappa shape index (κ2) is 12.2. The summed E-state index contributed by atoms with van der Waals surface area (Å²) in [6.45, 7) is 5.42. The number of nitrogens with zero attached hydrogens (tertiary/aromatic N) is 4. The fraction of sp³-hybridized carbons (Fsp3) is 0.407. The molecule has 2 amide bonds. The minimum Gasteiger partial charge on any atom is -0.444 e. The molecule has 0 radical (unpaired) electrons. The van der Waals surface area contributed by atoms with Gasteiger partial charge in [0.1, 0.15) is 35.5 Å². The van der Waals surface area contributed by atoms with Crippen molar-refractivity contribution >= 4 is 12.0 Å². The lowest BCUT2D eigenvalue weighted by Crippen LogP contribution is -2.55. The van der Waals surface area contributed by atoms with E-state index in [1.807, 2.05) is 0 Å². The standard InChI is InChI=1S/C27H30F5N5O4/c1-17(26(40,14-36-16-33-15-35-36)21-10-9-20(28)13-22(21)29)37(12-11-34-24(39)41-25(2,3)4)23(38)18-5-7-19(8-6-18)27(30,31)32/h5-10,13,15-17,40H,11-12,14H2,1-4H3,(H,34,39). The van der Waals surface area contributed by atoms with E-state index in [2.05, 4.69) is 15.4 Å². The van der Waals surface area contributed by atoms with Gasteiger partial charge < -0.3 is 20.1 Å². The van der Waals surface area contributed by atoms with E-state index in [4.69, 9.17) is 4.74 Å². The van der Waals surface area contributed by atoms with Crippen LogP contribution in [0.2, 0.25) is 0 Å². The summed E-state index contributed by atoms with van der Waals surface area (Å²) >= 11 is 0. The molecule has 222 valence electrons. The molecule has 0 saturated carbocycles. The maximum absolute atomic E-state index is 15.1. The fourth-order valence-electron chi connectivity index (χ4n) is 4.13. The summed E-state index contributed by atoms with van der Waals surface area (Å²) in [5.74, 6) is -2.83. The zero-order valence-corrected chi connectivity index (χ0v) is 22.7. The Morgan fingerprint density at radius 2 is 1.76 bits per heavy atom. The Kier molecular flexibility index (Phi) is 9.36. The number of aliphatic hydroxyl groups is 1. The van der Waals surface area contributed by atoms with Crippen LogP contribution in [-0.4, -0.2) is 61.5 Å². The number of carbonyl (C=O) groups excluding carboxylic acids is 2. The number of alkyl halides is 3. The van der Waals surface area contributed by atoms with Crippen molar-refractivity contribution in [2.45, 2.75) is 57.7 Å². The molecular weight excluding hydrogens is 553 g/mol. The van der Waals surface area contributed by atoms with Gasteiger partial charge in [0.2, 0.25) is 0 Å². The van der Waals surface area contributed by atoms with Crippen molar-refractivity contribution in [3.8, 4) is 0 Å². The molecule has 14 heteroatoms. The summed E-state index contributed by atoms with van der Waals surface area (Å²) in [5, 5.41) is 18.4. The van der Waals surface area contributed by atoms with Crippen LogP contribution in [0.5, 0.6) is 0 Å². The van der Waals surface area contributed by atoms with Gasteiger partial charge in [-0.2, -0.15) is 18.3 Å². The Balaban J connectivity index is 2.02. The summed E-state index contributed by atoms with van der Waals surface area (Å²) < 4.78 is 74.5. The van der Waals surface area contributed by atoms with Gasteiger partial charge in [0, 0.05) is 30.3 Å². The SMILES string of the molecule is CC(N(CCNC(=O)OC(C)(C)C)C(=O)c1ccc(C(F)(F)F)cc1)C(O)(Cn1cncn1)c1ccc(F)cc1F. The highest BCUT2D eigenvalue weighted by atomic mass is 19.4. The molecule has 9 nitrogen and oxygen atoms in total. The highest BCUT2D eigenvalue weighted by Crippen LogP contribution is 2.34. The molecule has 0 bridgehead atoms. The van der Waals surface area contributed by atoms with Crippen molar-refractivity contribution in [1.82, 2.24) is 25.0 Å². The van der Waals surface area contributed by atoms with Gasteiger partial charge in [0.05, 0.1) is 18.2 Å². The summed E-state index contributed by atoms with van der Waals surface area (Å²) in [6.07, 6.45) is -3.02. The Labute approximate surface area is 232 Å². The van der Waals surface area contributed by atoms with E-state index < -0.39 is 59.2 Å². The lowest BCUT2D eigenvalue weighted by molar-refractivity contribution is -0.137. The number of aromatic nitrogens is 3. The molecule has 0 fully saturated rings. The van der Waals surface area contributed by atoms with Gasteiger partial charge in [-0.1, -0.05) is 6.07 Å². The predicted molar refractivity (Wildman–Crippen MR) is 136 cm³/mol. The minimum atomic E-state index is -4.63. The smallest absolute Gasteiger partial charge is 0.416 e. The van der Waals surface area contributed by atoms with Crippen molar-refractivity contribution in [3.63, 3.8) is 0 Å². The Morgan fingerprint density at radius 3 is 2.29 bits per heavy atom. The molecule has 0 aliphatic rings. The van der Waals surface area contributed by atoms with Gasteiger partial charge in [-0.25, -0.2) is 23.2 Å². The monoisotopic (exact) mass is 583 g/mol. The summed E-state index contributed by atoms with van der Waals surface area (Å²) in [4.78, 5) is 30.7. The first-order chi connectivity index (χ1) is 19.0. The first-order valence-corrected chi connectivity index (χ1v) is 12.5. The normalized spacial score (nSPS) is 14.2. The number of rotatable bonds is 9. The molecule has 2 aromatic carbocycles. The van der Waals surface area contributed by atoms with Gasteiger partial charge in [-0.3, -0.25) is 4.79 Å². The Bertz CT molecular complexity index is 1340. The van der Waals surface area contributed by atoms with Crippen LogP contribution in [0, 0.1) is 11.6 Å². The Hall–Kier alpha value is -4.07. The van der Waals surface area contributed by atoms with Crippen molar-refractivity contribution in [2.75, 3.05) is 13.1 Å². The number of ether oxygens (including phenoxy) is 1. The van der Waals surface area contributed by atoms with E-state index in [0.29, 0.717) is 6.07 Å². The first-order valence-electron chi connectivity index (χ1n) is 12.5. The molecule has 0 aliphatic carbocycles. The van der Waals surface area contributed by atoms with Gasteiger partial charge in [-0.15, -0.1) is 0 Å². The van der Waals surface area contributed by atoms with Crippen LogP contribution in [0.15, 0.2) is 55.1 Å². The second-order valence-corrected chi connectivity index (χ2v) is 10.3. The lowest BCUT2D eigenvalue weighted by Gasteiger charge is -2.41. The highest BCUT2D eigenvalue weighted by molar-refractivity contribution is 5.94. The molecule has 3 rings (SSSR count). The van der Waals surface area contributed by atoms with E-state index in [0.717, 1.165) is 41.3 Å². The average molecular weight is 584 g/mol. The molecule has 3 aromatic rings. The summed E-state index contributed by atoms with van der Waals surface area (Å²) in [6, 6.07) is 4.64. The number of alkyl carbamates (subject to hydrolysis) is 1. The van der Waals surface area contributed by atoms with E-state index >= 15 is 4.39 Å². The maximum atomic E-state index is 15.1. The number of hydrogen-bond donors (Lipinski definition) is 2. The zero-order chi connectivity index (χ0) is 30.6. The predicted octanol–water partition coefficient (Wildman–Crippen LogP) is 4.52. The highest BCUT2D eigenvalue weighted by Gasteiger charge is 2.44. The first kappa shape index (κ1) is 31.5. The Morgan fingerprint density at radius 1 is 1.10 bits per heavy atom. The van der Waals surface area contributed by atoms with E-state index in [1.54, 1.807) is 20.8 Å². The van der Waals surface area contributed by atoms with Crippen LogP contribution in [0.25, 0.3) is 0 Å². The zero-order valence-electron chi connectivity index (χ0n) is 22.7. The van der Waals surface area contributed by atoms with E-state index in [1.165, 1.54) is 24.3 Å². The molecule has 0 spiro atoms. The van der Waals surface area contributed by atoms with Crippen molar-refractivity contribution in [3.05, 3.63) is 83.4 Å². The van der Waals surface area contributed by atoms with Gasteiger partial charge >= 0.3 is 12.3 Å². The third kappa shape index (κ3) is 7.99. The van der Waals surface area contributed by atoms with E-state index in [-0.39, 0.29) is 24.2 Å². The van der Waals surface area contributed by atoms with Gasteiger partial charge in [-0.05, 0) is 58.0 Å². The van der Waals surface area contributed by atoms with Crippen molar-refractivity contribution < 1.29 is 41.4 Å². The van der Waals surface area contributed by atoms with Crippen LogP contribution in [0.4, 0.5) is 26.7 Å².